The Morgan fingerprint density at radius 2 is 0.298 bits per heavy atom. The van der Waals surface area contributed by atoms with Crippen LogP contribution in [0.15, 0.2) is 0 Å². The van der Waals surface area contributed by atoms with Gasteiger partial charge in [0.15, 0.2) is 0 Å². The van der Waals surface area contributed by atoms with E-state index in [0.29, 0.717) is 74.0 Å². The highest BCUT2D eigenvalue weighted by molar-refractivity contribution is 5.71. The van der Waals surface area contributed by atoms with Gasteiger partial charge in [-0.1, -0.05) is 397 Å². The lowest BCUT2D eigenvalue weighted by Crippen LogP contribution is -2.10. The average molecular weight is 1620 g/mol. The number of hydrogen-bond donors (Lipinski definition) is 0. The van der Waals surface area contributed by atoms with Gasteiger partial charge in [0.1, 0.15) is 0 Å². The van der Waals surface area contributed by atoms with E-state index in [1.165, 1.54) is 267 Å². The third kappa shape index (κ3) is 97.6. The van der Waals surface area contributed by atoms with Crippen molar-refractivity contribution in [1.82, 2.24) is 0 Å². The van der Waals surface area contributed by atoms with Gasteiger partial charge in [-0.2, -0.15) is 0 Å². The zero-order valence-electron chi connectivity index (χ0n) is 82.2. The van der Waals surface area contributed by atoms with E-state index >= 15 is 0 Å². The second kappa shape index (κ2) is 86.2. The van der Waals surface area contributed by atoms with Crippen LogP contribution in [-0.4, -0.2) is 78.5 Å². The molecule has 0 heterocycles. The van der Waals surface area contributed by atoms with Crippen LogP contribution in [0.4, 0.5) is 0 Å². The van der Waals surface area contributed by atoms with Crippen LogP contribution in [0.25, 0.3) is 0 Å². The Bertz CT molecular complexity index is 2080. The standard InChI is InChI=1S/2C22H44O2.2C17H34O2.2C12H24O2/c1-18(2)10-7-11-19(3)12-8-13-20(4)14-9-15-21(5)16-17-22(23)24-6;1-7-21(17-22(23)24-6)16-10-15-20(5)14-9-13-19(4)12-8-11-18(2)3;1-14(2)8-6-9-15(3)10-7-11-16(4)12-13-17(18)19-5;1-6-16(13-17(18)19-5)12-8-11-15(4)10-7-9-14(2)3;1-10(2)6-5-7-11(3)8-9-12(13)14-4;1-5-11(9-12(13)14-4)8-6-7-10(2)3/h2*18-21H,7-17H2,1-6H3;2*14-16H,6-13H2,1-5H3;2*10-11H,5-9H2,1-4H3. The van der Waals surface area contributed by atoms with Gasteiger partial charge in [0.05, 0.1) is 42.7 Å². The van der Waals surface area contributed by atoms with Crippen molar-refractivity contribution in [2.24, 2.45) is 107 Å². The zero-order valence-corrected chi connectivity index (χ0v) is 82.2. The normalized spacial score (nSPS) is 14.4. The van der Waals surface area contributed by atoms with Crippen molar-refractivity contribution >= 4 is 35.8 Å². The van der Waals surface area contributed by atoms with Crippen LogP contribution >= 0.6 is 0 Å². The van der Waals surface area contributed by atoms with E-state index in [1.807, 2.05) is 0 Å². The molecule has 0 aliphatic rings. The molecule has 684 valence electrons. The molecule has 0 fully saturated rings. The molecular formula is C102H204O12. The predicted octanol–water partition coefficient (Wildman–Crippen LogP) is 31.3. The molecule has 0 saturated heterocycles. The van der Waals surface area contributed by atoms with E-state index in [9.17, 15) is 28.8 Å². The molecule has 12 unspecified atom stereocenters. The van der Waals surface area contributed by atoms with Crippen LogP contribution in [0.5, 0.6) is 0 Å². The van der Waals surface area contributed by atoms with Crippen LogP contribution in [0.1, 0.15) is 474 Å². The molecule has 0 aliphatic heterocycles. The first kappa shape index (κ1) is 122. The summed E-state index contributed by atoms with van der Waals surface area (Å²) in [4.78, 5) is 66.8. The van der Waals surface area contributed by atoms with Crippen molar-refractivity contribution in [2.75, 3.05) is 42.7 Å². The van der Waals surface area contributed by atoms with Crippen LogP contribution < -0.4 is 0 Å². The van der Waals surface area contributed by atoms with Crippen molar-refractivity contribution in [2.45, 2.75) is 474 Å². The Hall–Kier alpha value is -3.18. The van der Waals surface area contributed by atoms with Crippen molar-refractivity contribution in [3.8, 4) is 0 Å². The van der Waals surface area contributed by atoms with Gasteiger partial charge < -0.3 is 28.4 Å². The van der Waals surface area contributed by atoms with Gasteiger partial charge in [-0.15, -0.1) is 0 Å². The second-order valence-corrected chi connectivity index (χ2v) is 39.0. The molecule has 12 atom stereocenters. The lowest BCUT2D eigenvalue weighted by atomic mass is 9.90. The Labute approximate surface area is 712 Å². The van der Waals surface area contributed by atoms with Gasteiger partial charge in [0.2, 0.25) is 0 Å². The smallest absolute Gasteiger partial charge is 0.305 e. The summed E-state index contributed by atoms with van der Waals surface area (Å²) in [5, 5.41) is 0. The third-order valence-electron chi connectivity index (χ3n) is 24.0. The fourth-order valence-corrected chi connectivity index (χ4v) is 15.0. The molecule has 12 nitrogen and oxygen atoms in total. The molecule has 12 heteroatoms. The van der Waals surface area contributed by atoms with E-state index in [0.717, 1.165) is 116 Å². The van der Waals surface area contributed by atoms with E-state index < -0.39 is 0 Å². The summed E-state index contributed by atoms with van der Waals surface area (Å²) < 4.78 is 28.2. The largest absolute Gasteiger partial charge is 0.469 e. The van der Waals surface area contributed by atoms with Gasteiger partial charge in [0.25, 0.3) is 0 Å². The molecule has 0 amide bonds. The highest BCUT2D eigenvalue weighted by Crippen LogP contribution is 2.29. The van der Waals surface area contributed by atoms with E-state index in [1.54, 1.807) is 0 Å². The molecule has 0 N–H and O–H groups in total. The first-order valence-corrected chi connectivity index (χ1v) is 48.2. The van der Waals surface area contributed by atoms with Crippen LogP contribution in [0.3, 0.4) is 0 Å². The Kier molecular flexibility index (Phi) is 92.0. The maximum atomic E-state index is 11.4. The number of esters is 6. The number of carbonyl (C=O) groups excluding carboxylic acids is 6. The third-order valence-corrected chi connectivity index (χ3v) is 24.0. The first-order chi connectivity index (χ1) is 53.8. The second-order valence-electron chi connectivity index (χ2n) is 39.0. The number of carbonyl (C=O) groups is 6. The topological polar surface area (TPSA) is 158 Å². The molecule has 0 spiro atoms. The molecule has 0 radical (unpaired) electrons. The van der Waals surface area contributed by atoms with E-state index in [4.69, 9.17) is 14.2 Å². The molecule has 0 saturated carbocycles. The van der Waals surface area contributed by atoms with Gasteiger partial charge in [0, 0.05) is 38.5 Å². The summed E-state index contributed by atoms with van der Waals surface area (Å²) in [5.41, 5.74) is 0. The summed E-state index contributed by atoms with van der Waals surface area (Å²) in [6.45, 7) is 55.0. The molecular weight excluding hydrogens is 1420 g/mol. The van der Waals surface area contributed by atoms with Crippen molar-refractivity contribution in [1.29, 1.82) is 0 Å². The average Bonchev–Trinajstić information content (AvgIpc) is 0.986. The van der Waals surface area contributed by atoms with Crippen molar-refractivity contribution in [3.05, 3.63) is 0 Å². The highest BCUT2D eigenvalue weighted by Gasteiger charge is 2.18. The molecule has 114 heavy (non-hydrogen) atoms. The summed E-state index contributed by atoms with van der Waals surface area (Å²) in [6.07, 6.45) is 57.1. The van der Waals surface area contributed by atoms with Gasteiger partial charge >= 0.3 is 35.8 Å². The van der Waals surface area contributed by atoms with Crippen LogP contribution in [0.2, 0.25) is 0 Å². The van der Waals surface area contributed by atoms with Gasteiger partial charge in [-0.3, -0.25) is 28.8 Å². The molecule has 0 aromatic carbocycles. The molecule has 0 bridgehead atoms. The number of rotatable bonds is 66. The number of hydrogen-bond acceptors (Lipinski definition) is 12. The summed E-state index contributed by atoms with van der Waals surface area (Å²) in [6, 6.07) is 0. The monoisotopic (exact) mass is 1620 g/mol. The number of ether oxygens (including phenoxy) is 6. The maximum Gasteiger partial charge on any atom is 0.305 e. The Balaban J connectivity index is -0.000000311. The number of methoxy groups -OCH3 is 6. The molecule has 0 aromatic heterocycles. The lowest BCUT2D eigenvalue weighted by Gasteiger charge is -2.17. The summed E-state index contributed by atoms with van der Waals surface area (Å²) >= 11 is 0. The Morgan fingerprint density at radius 3 is 0.430 bits per heavy atom. The minimum absolute atomic E-state index is 0.0543. The highest BCUT2D eigenvalue weighted by atomic mass is 16.5. The molecule has 0 aromatic rings. The first-order valence-electron chi connectivity index (χ1n) is 48.2. The lowest BCUT2D eigenvalue weighted by molar-refractivity contribution is -0.142. The minimum Gasteiger partial charge on any atom is -0.469 e. The fraction of sp³-hybridized carbons (Fsp3) is 0.941. The van der Waals surface area contributed by atoms with E-state index in [-0.39, 0.29) is 35.8 Å². The van der Waals surface area contributed by atoms with Crippen LogP contribution in [0, 0.1) is 107 Å². The minimum atomic E-state index is -0.0827. The molecule has 0 rings (SSSR count). The maximum absolute atomic E-state index is 11.4. The fourth-order valence-electron chi connectivity index (χ4n) is 15.0. The van der Waals surface area contributed by atoms with Gasteiger partial charge in [-0.25, -0.2) is 0 Å². The van der Waals surface area contributed by atoms with Crippen LogP contribution in [-0.2, 0) is 57.2 Å². The van der Waals surface area contributed by atoms with Crippen molar-refractivity contribution in [3.63, 3.8) is 0 Å². The quantitative estimate of drug-likeness (QED) is 0.0420. The van der Waals surface area contributed by atoms with Crippen molar-refractivity contribution < 1.29 is 57.2 Å². The summed E-state index contributed by atoms with van der Waals surface area (Å²) in [7, 11) is 8.81. The Morgan fingerprint density at radius 1 is 0.175 bits per heavy atom. The summed E-state index contributed by atoms with van der Waals surface area (Å²) in [5.74, 6) is 13.1. The predicted molar refractivity (Wildman–Crippen MR) is 493 cm³/mol. The SMILES string of the molecule is CCC(CCCC(C)C)CC(=O)OC.CCC(CCCC(C)CCCC(C)C)CC(=O)OC.CCC(CCCC(C)CCCC(C)CCCC(C)C)CC(=O)OC.COC(=O)CCC(C)CCCC(C)C.COC(=O)CCC(C)CCCC(C)CCCC(C)C.COC(=O)CCC(C)CCCC(C)CCCC(C)CCCC(C)C. The van der Waals surface area contributed by atoms with E-state index in [2.05, 4.69) is 180 Å². The van der Waals surface area contributed by atoms with Gasteiger partial charge in [-0.05, 0) is 145 Å². The molecule has 0 aliphatic carbocycles. The zero-order chi connectivity index (χ0) is 88.0.